The van der Waals surface area contributed by atoms with Crippen LogP contribution >= 0.6 is 0 Å². The highest BCUT2D eigenvalue weighted by Crippen LogP contribution is 2.29. The van der Waals surface area contributed by atoms with Gasteiger partial charge in [-0.1, -0.05) is 27.7 Å². The first-order valence-electron chi connectivity index (χ1n) is 3.80. The maximum Gasteiger partial charge on any atom is 0.253 e. The van der Waals surface area contributed by atoms with Crippen LogP contribution in [0.4, 0.5) is 8.78 Å². The molecular formula is C8H17F2N. The van der Waals surface area contributed by atoms with Crippen molar-refractivity contribution in [1.82, 2.24) is 0 Å². The third kappa shape index (κ3) is 3.14. The van der Waals surface area contributed by atoms with Crippen LogP contribution in [0.15, 0.2) is 0 Å². The molecule has 0 rings (SSSR count). The van der Waals surface area contributed by atoms with Gasteiger partial charge in [0.25, 0.3) is 6.43 Å². The van der Waals surface area contributed by atoms with E-state index in [1.165, 1.54) is 0 Å². The molecule has 0 aliphatic carbocycles. The molecule has 0 bridgehead atoms. The molecule has 0 saturated heterocycles. The number of hydrogen-bond acceptors (Lipinski definition) is 1. The minimum absolute atomic E-state index is 0.143. The summed E-state index contributed by atoms with van der Waals surface area (Å²) in [5.74, 6) is -0.164. The summed E-state index contributed by atoms with van der Waals surface area (Å²) >= 11 is 0. The second-order valence-corrected chi connectivity index (χ2v) is 4.07. The fourth-order valence-corrected chi connectivity index (χ4v) is 0.796. The second-order valence-electron chi connectivity index (χ2n) is 4.07. The van der Waals surface area contributed by atoms with E-state index in [0.717, 1.165) is 0 Å². The molecular weight excluding hydrogens is 148 g/mol. The lowest BCUT2D eigenvalue weighted by molar-refractivity contribution is 0.0596. The van der Waals surface area contributed by atoms with Crippen LogP contribution in [0.3, 0.4) is 0 Å². The first-order valence-corrected chi connectivity index (χ1v) is 3.80. The van der Waals surface area contributed by atoms with Crippen molar-refractivity contribution < 1.29 is 8.78 Å². The van der Waals surface area contributed by atoms with E-state index in [1.807, 2.05) is 20.8 Å². The van der Waals surface area contributed by atoms with Crippen LogP contribution in [0.2, 0.25) is 0 Å². The fraction of sp³-hybridized carbons (Fsp3) is 1.00. The number of alkyl halides is 2. The van der Waals surface area contributed by atoms with Gasteiger partial charge in [-0.05, 0) is 11.3 Å². The van der Waals surface area contributed by atoms with Crippen LogP contribution in [0, 0.1) is 11.3 Å². The van der Waals surface area contributed by atoms with Gasteiger partial charge in [0.1, 0.15) is 0 Å². The smallest absolute Gasteiger partial charge is 0.253 e. The van der Waals surface area contributed by atoms with Crippen molar-refractivity contribution in [3.63, 3.8) is 0 Å². The summed E-state index contributed by atoms with van der Waals surface area (Å²) in [6.45, 7) is 7.51. The SMILES string of the molecule is CC(C(N)C(F)F)C(C)(C)C. The van der Waals surface area contributed by atoms with Gasteiger partial charge in [-0.3, -0.25) is 0 Å². The highest BCUT2D eigenvalue weighted by Gasteiger charge is 2.31. The molecule has 2 atom stereocenters. The summed E-state index contributed by atoms with van der Waals surface area (Å²) < 4.78 is 24.2. The molecule has 2 N–H and O–H groups in total. The lowest BCUT2D eigenvalue weighted by atomic mass is 9.78. The molecule has 0 spiro atoms. The Morgan fingerprint density at radius 1 is 1.18 bits per heavy atom. The van der Waals surface area contributed by atoms with Gasteiger partial charge in [0, 0.05) is 0 Å². The Balaban J connectivity index is 4.13. The second kappa shape index (κ2) is 3.48. The molecule has 2 unspecified atom stereocenters. The van der Waals surface area contributed by atoms with Crippen molar-refractivity contribution in [3.05, 3.63) is 0 Å². The lowest BCUT2D eigenvalue weighted by Crippen LogP contribution is -2.41. The van der Waals surface area contributed by atoms with Crippen molar-refractivity contribution in [2.45, 2.75) is 40.2 Å². The number of hydrogen-bond donors (Lipinski definition) is 1. The number of rotatable bonds is 2. The van der Waals surface area contributed by atoms with E-state index in [-0.39, 0.29) is 11.3 Å². The average molecular weight is 165 g/mol. The Morgan fingerprint density at radius 2 is 1.55 bits per heavy atom. The van der Waals surface area contributed by atoms with Crippen LogP contribution < -0.4 is 5.73 Å². The van der Waals surface area contributed by atoms with E-state index in [0.29, 0.717) is 0 Å². The molecule has 0 aliphatic heterocycles. The number of halogens is 2. The maximum atomic E-state index is 12.1. The molecule has 0 fully saturated rings. The molecule has 68 valence electrons. The standard InChI is InChI=1S/C8H17F2N/c1-5(8(2,3)4)6(11)7(9)10/h5-7H,11H2,1-4H3. The predicted molar refractivity (Wildman–Crippen MR) is 42.6 cm³/mol. The van der Waals surface area contributed by atoms with Crippen LogP contribution in [-0.2, 0) is 0 Å². The van der Waals surface area contributed by atoms with E-state index < -0.39 is 12.5 Å². The Bertz CT molecular complexity index is 118. The molecule has 0 aromatic rings. The maximum absolute atomic E-state index is 12.1. The molecule has 0 aliphatic rings. The Labute approximate surface area is 67.0 Å². The average Bonchev–Trinajstić information content (AvgIpc) is 1.82. The Kier molecular flexibility index (Phi) is 3.42. The minimum Gasteiger partial charge on any atom is -0.323 e. The monoisotopic (exact) mass is 165 g/mol. The largest absolute Gasteiger partial charge is 0.323 e. The van der Waals surface area contributed by atoms with E-state index in [1.54, 1.807) is 6.92 Å². The zero-order valence-electron chi connectivity index (χ0n) is 7.57. The van der Waals surface area contributed by atoms with Crippen LogP contribution in [0.1, 0.15) is 27.7 Å². The van der Waals surface area contributed by atoms with Crippen molar-refractivity contribution in [2.75, 3.05) is 0 Å². The summed E-state index contributed by atoms with van der Waals surface area (Å²) in [5, 5.41) is 0. The zero-order chi connectivity index (χ0) is 9.23. The van der Waals surface area contributed by atoms with Gasteiger partial charge in [0.05, 0.1) is 6.04 Å². The van der Waals surface area contributed by atoms with E-state index in [9.17, 15) is 8.78 Å². The van der Waals surface area contributed by atoms with Crippen molar-refractivity contribution in [1.29, 1.82) is 0 Å². The van der Waals surface area contributed by atoms with Crippen molar-refractivity contribution in [3.8, 4) is 0 Å². The van der Waals surface area contributed by atoms with E-state index in [2.05, 4.69) is 0 Å². The summed E-state index contributed by atoms with van der Waals surface area (Å²) in [6, 6.07) is -1.00. The third-order valence-electron chi connectivity index (χ3n) is 2.23. The molecule has 0 saturated carbocycles. The van der Waals surface area contributed by atoms with Gasteiger partial charge in [0.2, 0.25) is 0 Å². The normalized spacial score (nSPS) is 18.5. The van der Waals surface area contributed by atoms with E-state index >= 15 is 0 Å². The summed E-state index contributed by atoms with van der Waals surface area (Å²) in [7, 11) is 0. The summed E-state index contributed by atoms with van der Waals surface area (Å²) in [6.07, 6.45) is -2.41. The van der Waals surface area contributed by atoms with Gasteiger partial charge in [-0.25, -0.2) is 8.78 Å². The lowest BCUT2D eigenvalue weighted by Gasteiger charge is -2.31. The molecule has 3 heteroatoms. The topological polar surface area (TPSA) is 26.0 Å². The Hall–Kier alpha value is -0.180. The van der Waals surface area contributed by atoms with Crippen LogP contribution in [0.5, 0.6) is 0 Å². The predicted octanol–water partition coefficient (Wildman–Crippen LogP) is 2.26. The fourth-order valence-electron chi connectivity index (χ4n) is 0.796. The Morgan fingerprint density at radius 3 is 1.64 bits per heavy atom. The molecule has 0 aromatic carbocycles. The van der Waals surface area contributed by atoms with Crippen LogP contribution in [0.25, 0.3) is 0 Å². The van der Waals surface area contributed by atoms with Crippen LogP contribution in [-0.4, -0.2) is 12.5 Å². The highest BCUT2D eigenvalue weighted by molar-refractivity contribution is 4.80. The molecule has 1 nitrogen and oxygen atoms in total. The first-order chi connectivity index (χ1) is 4.76. The molecule has 0 heterocycles. The summed E-state index contributed by atoms with van der Waals surface area (Å²) in [4.78, 5) is 0. The van der Waals surface area contributed by atoms with Gasteiger partial charge in [0.15, 0.2) is 0 Å². The zero-order valence-corrected chi connectivity index (χ0v) is 7.57. The van der Waals surface area contributed by atoms with Gasteiger partial charge >= 0.3 is 0 Å². The van der Waals surface area contributed by atoms with E-state index in [4.69, 9.17) is 5.73 Å². The molecule has 0 radical (unpaired) electrons. The van der Waals surface area contributed by atoms with Gasteiger partial charge in [-0.15, -0.1) is 0 Å². The summed E-state index contributed by atoms with van der Waals surface area (Å²) in [5.41, 5.74) is 5.15. The first kappa shape index (κ1) is 10.8. The van der Waals surface area contributed by atoms with Crippen molar-refractivity contribution >= 4 is 0 Å². The third-order valence-corrected chi connectivity index (χ3v) is 2.23. The quantitative estimate of drug-likeness (QED) is 0.667. The van der Waals surface area contributed by atoms with Gasteiger partial charge < -0.3 is 5.73 Å². The highest BCUT2D eigenvalue weighted by atomic mass is 19.3. The van der Waals surface area contributed by atoms with Crippen molar-refractivity contribution in [2.24, 2.45) is 17.1 Å². The molecule has 0 amide bonds. The molecule has 0 aromatic heterocycles. The minimum atomic E-state index is -2.41. The molecule has 11 heavy (non-hydrogen) atoms. The van der Waals surface area contributed by atoms with Gasteiger partial charge in [-0.2, -0.15) is 0 Å². The number of nitrogens with two attached hydrogens (primary N) is 1.